The summed E-state index contributed by atoms with van der Waals surface area (Å²) in [6, 6.07) is 17.6. The van der Waals surface area contributed by atoms with Crippen molar-refractivity contribution >= 4 is 43.4 Å². The summed E-state index contributed by atoms with van der Waals surface area (Å²) in [7, 11) is 1.65. The van der Waals surface area contributed by atoms with Gasteiger partial charge >= 0.3 is 0 Å². The second kappa shape index (κ2) is 10.6. The van der Waals surface area contributed by atoms with Crippen LogP contribution in [0.3, 0.4) is 0 Å². The highest BCUT2D eigenvalue weighted by molar-refractivity contribution is 7.22. The number of carbonyl (C=O) groups is 1. The van der Waals surface area contributed by atoms with Crippen LogP contribution >= 0.6 is 11.3 Å². The number of ether oxygens (including phenoxy) is 3. The number of thiazole rings is 1. The van der Waals surface area contributed by atoms with Gasteiger partial charge in [0, 0.05) is 26.2 Å². The van der Waals surface area contributed by atoms with Crippen molar-refractivity contribution in [3.63, 3.8) is 0 Å². The molecule has 0 radical (unpaired) electrons. The van der Waals surface area contributed by atoms with Gasteiger partial charge in [-0.25, -0.2) is 4.98 Å². The molecule has 0 unspecified atom stereocenters. The summed E-state index contributed by atoms with van der Waals surface area (Å²) in [5, 5.41) is 2.55. The van der Waals surface area contributed by atoms with Gasteiger partial charge in [0.25, 0.3) is 5.91 Å². The summed E-state index contributed by atoms with van der Waals surface area (Å²) in [5.74, 6) is 1.26. The maximum atomic E-state index is 14.3. The van der Waals surface area contributed by atoms with Crippen molar-refractivity contribution in [2.75, 3.05) is 58.0 Å². The van der Waals surface area contributed by atoms with Gasteiger partial charge in [0.15, 0.2) is 5.13 Å². The van der Waals surface area contributed by atoms with Gasteiger partial charge in [0.2, 0.25) is 0 Å². The number of morpholine rings is 1. The molecule has 4 aromatic rings. The van der Waals surface area contributed by atoms with Gasteiger partial charge in [-0.1, -0.05) is 41.7 Å². The van der Waals surface area contributed by atoms with Crippen molar-refractivity contribution in [3.8, 4) is 11.5 Å². The van der Waals surface area contributed by atoms with E-state index in [1.165, 1.54) is 11.3 Å². The molecule has 1 saturated heterocycles. The molecule has 0 N–H and O–H groups in total. The van der Waals surface area contributed by atoms with Crippen molar-refractivity contribution in [2.24, 2.45) is 0 Å². The van der Waals surface area contributed by atoms with E-state index in [0.29, 0.717) is 42.8 Å². The first-order valence-corrected chi connectivity index (χ1v) is 12.7. The molecule has 0 saturated carbocycles. The Morgan fingerprint density at radius 3 is 2.77 bits per heavy atom. The molecular weight excluding hydrogens is 462 g/mol. The molecular formula is C27H29N3O4S. The number of methoxy groups -OCH3 is 1. The lowest BCUT2D eigenvalue weighted by atomic mass is 10.0. The monoisotopic (exact) mass is 491 g/mol. The van der Waals surface area contributed by atoms with Crippen molar-refractivity contribution in [2.45, 2.75) is 6.92 Å². The maximum Gasteiger partial charge on any atom is 0.264 e. The van der Waals surface area contributed by atoms with Crippen molar-refractivity contribution in [3.05, 3.63) is 60.2 Å². The highest BCUT2D eigenvalue weighted by Gasteiger charge is 2.27. The fourth-order valence-corrected chi connectivity index (χ4v) is 5.39. The van der Waals surface area contributed by atoms with E-state index in [2.05, 4.69) is 4.90 Å². The van der Waals surface area contributed by atoms with Gasteiger partial charge in [-0.15, -0.1) is 0 Å². The average molecular weight is 492 g/mol. The first-order chi connectivity index (χ1) is 17.2. The van der Waals surface area contributed by atoms with Crippen LogP contribution in [0, 0.1) is 0 Å². The van der Waals surface area contributed by atoms with Crippen LogP contribution in [0.4, 0.5) is 5.13 Å². The lowest BCUT2D eigenvalue weighted by molar-refractivity contribution is 0.0391. The predicted molar refractivity (Wildman–Crippen MR) is 140 cm³/mol. The Kier molecular flexibility index (Phi) is 7.13. The molecule has 0 spiro atoms. The minimum absolute atomic E-state index is 0.107. The molecule has 35 heavy (non-hydrogen) atoms. The highest BCUT2D eigenvalue weighted by atomic mass is 32.1. The lowest BCUT2D eigenvalue weighted by Gasteiger charge is -2.29. The predicted octanol–water partition coefficient (Wildman–Crippen LogP) is 4.84. The number of nitrogens with zero attached hydrogens (tertiary/aromatic N) is 3. The van der Waals surface area contributed by atoms with Crippen LogP contribution in [0.15, 0.2) is 54.6 Å². The summed E-state index contributed by atoms with van der Waals surface area (Å²) in [5.41, 5.74) is 1.42. The molecule has 1 aliphatic heterocycles. The van der Waals surface area contributed by atoms with E-state index in [0.717, 1.165) is 46.4 Å². The zero-order valence-electron chi connectivity index (χ0n) is 20.0. The Balaban J connectivity index is 1.57. The topological polar surface area (TPSA) is 64.1 Å². The molecule has 1 aromatic heterocycles. The first kappa shape index (κ1) is 23.5. The van der Waals surface area contributed by atoms with Crippen LogP contribution in [0.1, 0.15) is 17.3 Å². The number of hydrogen-bond donors (Lipinski definition) is 0. The van der Waals surface area contributed by atoms with Crippen LogP contribution in [0.5, 0.6) is 11.5 Å². The lowest BCUT2D eigenvalue weighted by Crippen LogP contribution is -2.43. The second-order valence-electron chi connectivity index (χ2n) is 8.33. The average Bonchev–Trinajstić information content (AvgIpc) is 3.32. The van der Waals surface area contributed by atoms with Gasteiger partial charge in [-0.3, -0.25) is 14.6 Å². The van der Waals surface area contributed by atoms with Gasteiger partial charge < -0.3 is 14.2 Å². The summed E-state index contributed by atoms with van der Waals surface area (Å²) in [6.07, 6.45) is 0. The standard InChI is InChI=1S/C27H29N3O4S/c1-3-34-23-11-8-19-6-4-5-7-21(19)25(23)26(31)30(13-12-29-14-16-33-17-15-29)27-28-22-10-9-20(32-2)18-24(22)35-27/h4-11,18H,3,12-17H2,1-2H3. The fraction of sp³-hybridized carbons (Fsp3) is 0.333. The van der Waals surface area contributed by atoms with Gasteiger partial charge in [0.1, 0.15) is 11.5 Å². The van der Waals surface area contributed by atoms with E-state index in [4.69, 9.17) is 19.2 Å². The minimum Gasteiger partial charge on any atom is -0.497 e. The van der Waals surface area contributed by atoms with E-state index < -0.39 is 0 Å². The zero-order valence-corrected chi connectivity index (χ0v) is 20.8. The summed E-state index contributed by atoms with van der Waals surface area (Å²) < 4.78 is 17.8. The Bertz CT molecular complexity index is 1330. The van der Waals surface area contributed by atoms with Gasteiger partial charge in [0.05, 0.1) is 42.7 Å². The number of anilines is 1. The Morgan fingerprint density at radius 2 is 1.97 bits per heavy atom. The minimum atomic E-state index is -0.107. The molecule has 1 fully saturated rings. The molecule has 5 rings (SSSR count). The third kappa shape index (κ3) is 4.96. The van der Waals surface area contributed by atoms with Crippen molar-refractivity contribution in [1.82, 2.24) is 9.88 Å². The fourth-order valence-electron chi connectivity index (χ4n) is 4.37. The van der Waals surface area contributed by atoms with Crippen LogP contribution in [0.25, 0.3) is 21.0 Å². The summed E-state index contributed by atoms with van der Waals surface area (Å²) in [6.45, 7) is 6.82. The number of hydrogen-bond acceptors (Lipinski definition) is 7. The van der Waals surface area contributed by atoms with Gasteiger partial charge in [-0.2, -0.15) is 0 Å². The smallest absolute Gasteiger partial charge is 0.264 e. The number of amides is 1. The van der Waals surface area contributed by atoms with E-state index >= 15 is 0 Å². The summed E-state index contributed by atoms with van der Waals surface area (Å²) in [4.78, 5) is 23.2. The highest BCUT2D eigenvalue weighted by Crippen LogP contribution is 2.35. The van der Waals surface area contributed by atoms with Crippen LogP contribution in [-0.2, 0) is 4.74 Å². The van der Waals surface area contributed by atoms with E-state index in [-0.39, 0.29) is 5.91 Å². The van der Waals surface area contributed by atoms with Crippen molar-refractivity contribution in [1.29, 1.82) is 0 Å². The summed E-state index contributed by atoms with van der Waals surface area (Å²) >= 11 is 1.50. The van der Waals surface area contributed by atoms with Crippen LogP contribution in [0.2, 0.25) is 0 Å². The SMILES string of the molecule is CCOc1ccc2ccccc2c1C(=O)N(CCN1CCOCC1)c1nc2ccc(OC)cc2s1. The molecule has 3 aromatic carbocycles. The number of rotatable bonds is 8. The zero-order chi connectivity index (χ0) is 24.2. The van der Waals surface area contributed by atoms with Crippen LogP contribution in [-0.4, -0.2) is 68.9 Å². The second-order valence-corrected chi connectivity index (χ2v) is 9.34. The van der Waals surface area contributed by atoms with Crippen molar-refractivity contribution < 1.29 is 19.0 Å². The maximum absolute atomic E-state index is 14.3. The molecule has 0 aliphatic carbocycles. The van der Waals surface area contributed by atoms with Gasteiger partial charge in [-0.05, 0) is 42.0 Å². The molecule has 0 bridgehead atoms. The Morgan fingerprint density at radius 1 is 1.14 bits per heavy atom. The third-order valence-corrected chi connectivity index (χ3v) is 7.25. The van der Waals surface area contributed by atoms with Crippen LogP contribution < -0.4 is 14.4 Å². The van der Waals surface area contributed by atoms with E-state index in [1.807, 2.05) is 61.5 Å². The molecule has 1 aliphatic rings. The van der Waals surface area contributed by atoms with E-state index in [1.54, 1.807) is 12.0 Å². The molecule has 0 atom stereocenters. The largest absolute Gasteiger partial charge is 0.497 e. The number of benzene rings is 3. The number of carbonyl (C=O) groups excluding carboxylic acids is 1. The molecule has 7 nitrogen and oxygen atoms in total. The molecule has 182 valence electrons. The molecule has 2 heterocycles. The Hall–Kier alpha value is -3.20. The molecule has 8 heteroatoms. The van der Waals surface area contributed by atoms with E-state index in [9.17, 15) is 4.79 Å². The quantitative estimate of drug-likeness (QED) is 0.352. The first-order valence-electron chi connectivity index (χ1n) is 11.9. The normalized spacial score (nSPS) is 14.3. The molecule has 1 amide bonds. The Labute approximate surface area is 208 Å². The third-order valence-electron chi connectivity index (χ3n) is 6.21. The number of aromatic nitrogens is 1. The number of fused-ring (bicyclic) bond motifs is 2.